The Bertz CT molecular complexity index is 356. The summed E-state index contributed by atoms with van der Waals surface area (Å²) in [4.78, 5) is 14.8. The fourth-order valence-corrected chi connectivity index (χ4v) is 1.24. The Hall–Kier alpha value is -1.69. The number of thiocarbonyl (C=S) groups is 1. The number of amides is 1. The monoisotopic (exact) mass is 239 g/mol. The predicted octanol–water partition coefficient (Wildman–Crippen LogP) is 0.855. The number of aromatic nitrogens is 1. The van der Waals surface area contributed by atoms with E-state index in [0.717, 1.165) is 12.0 Å². The third-order valence-corrected chi connectivity index (χ3v) is 2.07. The van der Waals surface area contributed by atoms with Crippen LogP contribution in [0.5, 0.6) is 0 Å². The first-order valence-corrected chi connectivity index (χ1v) is 5.15. The van der Waals surface area contributed by atoms with Gasteiger partial charge >= 0.3 is 6.09 Å². The van der Waals surface area contributed by atoms with Gasteiger partial charge in [0.05, 0.1) is 7.11 Å². The average molecular weight is 239 g/mol. The second-order valence-corrected chi connectivity index (χ2v) is 3.39. The van der Waals surface area contributed by atoms with Crippen molar-refractivity contribution in [1.29, 1.82) is 0 Å². The summed E-state index contributed by atoms with van der Waals surface area (Å²) >= 11 is 4.87. The molecule has 1 rings (SSSR count). The van der Waals surface area contributed by atoms with Crippen molar-refractivity contribution in [2.24, 2.45) is 0 Å². The number of rotatable bonds is 3. The number of nitrogens with zero attached hydrogens (tertiary/aromatic N) is 1. The zero-order valence-electron chi connectivity index (χ0n) is 8.90. The first-order chi connectivity index (χ1) is 7.72. The number of carbonyl (C=O) groups is 1. The number of hydrogen-bond acceptors (Lipinski definition) is 4. The minimum atomic E-state index is -0.570. The normalized spacial score (nSPS) is 9.31. The first-order valence-electron chi connectivity index (χ1n) is 4.74. The number of alkyl carbamates (subject to hydrolysis) is 1. The SMILES string of the molecule is COC(=O)NC(=S)NCCc1cccnc1. The van der Waals surface area contributed by atoms with Crippen LogP contribution in [-0.2, 0) is 11.2 Å². The van der Waals surface area contributed by atoms with Crippen molar-refractivity contribution >= 4 is 23.4 Å². The van der Waals surface area contributed by atoms with Crippen LogP contribution < -0.4 is 10.6 Å². The van der Waals surface area contributed by atoms with Crippen LogP contribution in [-0.4, -0.2) is 29.8 Å². The zero-order chi connectivity index (χ0) is 11.8. The molecule has 6 heteroatoms. The number of hydrogen-bond donors (Lipinski definition) is 2. The molecule has 0 unspecified atom stereocenters. The van der Waals surface area contributed by atoms with Crippen LogP contribution in [0.15, 0.2) is 24.5 Å². The van der Waals surface area contributed by atoms with Gasteiger partial charge in [-0.25, -0.2) is 4.79 Å². The molecule has 0 aliphatic carbocycles. The standard InChI is InChI=1S/C10H13N3O2S/c1-15-10(14)13-9(16)12-6-4-8-3-2-5-11-7-8/h2-3,5,7H,4,6H2,1H3,(H2,12,13,14,16). The van der Waals surface area contributed by atoms with Crippen molar-refractivity contribution in [1.82, 2.24) is 15.6 Å². The van der Waals surface area contributed by atoms with Crippen LogP contribution in [0.25, 0.3) is 0 Å². The van der Waals surface area contributed by atoms with E-state index < -0.39 is 6.09 Å². The molecule has 16 heavy (non-hydrogen) atoms. The molecule has 1 aromatic rings. The molecule has 0 saturated heterocycles. The molecule has 0 bridgehead atoms. The van der Waals surface area contributed by atoms with Gasteiger partial charge in [-0.3, -0.25) is 10.3 Å². The van der Waals surface area contributed by atoms with Gasteiger partial charge in [0.15, 0.2) is 5.11 Å². The van der Waals surface area contributed by atoms with Crippen LogP contribution in [0.1, 0.15) is 5.56 Å². The second kappa shape index (κ2) is 6.73. The average Bonchev–Trinajstić information content (AvgIpc) is 2.30. The van der Waals surface area contributed by atoms with Gasteiger partial charge in [0.2, 0.25) is 0 Å². The van der Waals surface area contributed by atoms with E-state index in [1.54, 1.807) is 12.4 Å². The van der Waals surface area contributed by atoms with E-state index in [-0.39, 0.29) is 5.11 Å². The van der Waals surface area contributed by atoms with Crippen molar-refractivity contribution in [3.63, 3.8) is 0 Å². The van der Waals surface area contributed by atoms with Gasteiger partial charge in [0, 0.05) is 18.9 Å². The van der Waals surface area contributed by atoms with Gasteiger partial charge in [-0.05, 0) is 30.3 Å². The molecule has 0 aliphatic rings. The molecule has 0 aliphatic heterocycles. The highest BCUT2D eigenvalue weighted by Gasteiger charge is 2.01. The van der Waals surface area contributed by atoms with Gasteiger partial charge < -0.3 is 10.1 Å². The summed E-state index contributed by atoms with van der Waals surface area (Å²) in [5, 5.41) is 5.51. The van der Waals surface area contributed by atoms with Crippen molar-refractivity contribution in [3.8, 4) is 0 Å². The molecule has 2 N–H and O–H groups in total. The molecule has 0 radical (unpaired) electrons. The van der Waals surface area contributed by atoms with E-state index >= 15 is 0 Å². The van der Waals surface area contributed by atoms with E-state index in [1.165, 1.54) is 7.11 Å². The number of nitrogens with one attached hydrogen (secondary N) is 2. The molecule has 1 aromatic heterocycles. The second-order valence-electron chi connectivity index (χ2n) is 2.98. The van der Waals surface area contributed by atoms with E-state index in [2.05, 4.69) is 20.4 Å². The summed E-state index contributed by atoms with van der Waals surface area (Å²) in [5.41, 5.74) is 1.11. The molecule has 1 amide bonds. The largest absolute Gasteiger partial charge is 0.453 e. The van der Waals surface area contributed by atoms with Crippen LogP contribution in [0.4, 0.5) is 4.79 Å². The zero-order valence-corrected chi connectivity index (χ0v) is 9.71. The third kappa shape index (κ3) is 4.70. The quantitative estimate of drug-likeness (QED) is 0.766. The van der Waals surface area contributed by atoms with E-state index in [1.807, 2.05) is 12.1 Å². The Labute approximate surface area is 99.2 Å². The number of carbonyl (C=O) groups excluding carboxylic acids is 1. The highest BCUT2D eigenvalue weighted by Crippen LogP contribution is 1.95. The topological polar surface area (TPSA) is 63.2 Å². The fraction of sp³-hybridized carbons (Fsp3) is 0.300. The van der Waals surface area contributed by atoms with Gasteiger partial charge in [-0.2, -0.15) is 0 Å². The van der Waals surface area contributed by atoms with Crippen LogP contribution in [0.3, 0.4) is 0 Å². The molecule has 0 atom stereocenters. The lowest BCUT2D eigenvalue weighted by Gasteiger charge is -2.07. The number of pyridine rings is 1. The third-order valence-electron chi connectivity index (χ3n) is 1.82. The molecular weight excluding hydrogens is 226 g/mol. The van der Waals surface area contributed by atoms with Crippen molar-refractivity contribution in [2.45, 2.75) is 6.42 Å². The Morgan fingerprint density at radius 1 is 1.62 bits per heavy atom. The minimum absolute atomic E-state index is 0.260. The van der Waals surface area contributed by atoms with Crippen molar-refractivity contribution in [3.05, 3.63) is 30.1 Å². The smallest absolute Gasteiger partial charge is 0.413 e. The lowest BCUT2D eigenvalue weighted by Crippen LogP contribution is -2.39. The Balaban J connectivity index is 2.21. The summed E-state index contributed by atoms with van der Waals surface area (Å²) in [6, 6.07) is 3.85. The molecule has 5 nitrogen and oxygen atoms in total. The Morgan fingerprint density at radius 3 is 3.06 bits per heavy atom. The summed E-state index contributed by atoms with van der Waals surface area (Å²) in [6.45, 7) is 0.633. The van der Waals surface area contributed by atoms with Crippen LogP contribution >= 0.6 is 12.2 Å². The van der Waals surface area contributed by atoms with E-state index in [9.17, 15) is 4.79 Å². The molecule has 0 aromatic carbocycles. The minimum Gasteiger partial charge on any atom is -0.453 e. The van der Waals surface area contributed by atoms with Crippen molar-refractivity contribution in [2.75, 3.05) is 13.7 Å². The number of ether oxygens (including phenoxy) is 1. The molecular formula is C10H13N3O2S. The van der Waals surface area contributed by atoms with Crippen LogP contribution in [0, 0.1) is 0 Å². The first kappa shape index (κ1) is 12.4. The van der Waals surface area contributed by atoms with E-state index in [0.29, 0.717) is 6.54 Å². The molecule has 0 fully saturated rings. The van der Waals surface area contributed by atoms with Gasteiger partial charge in [-0.15, -0.1) is 0 Å². The van der Waals surface area contributed by atoms with Gasteiger partial charge in [-0.1, -0.05) is 6.07 Å². The predicted molar refractivity (Wildman–Crippen MR) is 64.1 cm³/mol. The maximum Gasteiger partial charge on any atom is 0.413 e. The van der Waals surface area contributed by atoms with E-state index in [4.69, 9.17) is 12.2 Å². The maximum atomic E-state index is 10.8. The summed E-state index contributed by atoms with van der Waals surface area (Å²) < 4.78 is 4.40. The molecule has 0 saturated carbocycles. The maximum absolute atomic E-state index is 10.8. The highest BCUT2D eigenvalue weighted by atomic mass is 32.1. The lowest BCUT2D eigenvalue weighted by atomic mass is 10.2. The van der Waals surface area contributed by atoms with Crippen molar-refractivity contribution < 1.29 is 9.53 Å². The van der Waals surface area contributed by atoms with Gasteiger partial charge in [0.25, 0.3) is 0 Å². The Kier molecular flexibility index (Phi) is 5.21. The molecule has 86 valence electrons. The van der Waals surface area contributed by atoms with Gasteiger partial charge in [0.1, 0.15) is 0 Å². The summed E-state index contributed by atoms with van der Waals surface area (Å²) in [6.07, 6.45) is 3.73. The highest BCUT2D eigenvalue weighted by molar-refractivity contribution is 7.80. The number of methoxy groups -OCH3 is 1. The molecule has 1 heterocycles. The lowest BCUT2D eigenvalue weighted by molar-refractivity contribution is 0.176. The Morgan fingerprint density at radius 2 is 2.44 bits per heavy atom. The van der Waals surface area contributed by atoms with Crippen LogP contribution in [0.2, 0.25) is 0 Å². The summed E-state index contributed by atoms with van der Waals surface area (Å²) in [7, 11) is 1.29. The summed E-state index contributed by atoms with van der Waals surface area (Å²) in [5.74, 6) is 0. The molecule has 0 spiro atoms. The fourth-order valence-electron chi connectivity index (χ4n) is 1.05.